The van der Waals surface area contributed by atoms with Crippen LogP contribution in [0.3, 0.4) is 0 Å². The minimum Gasteiger partial charge on any atom is -0.486 e. The Morgan fingerprint density at radius 2 is 1.86 bits per heavy atom. The number of carbonyl (C=O) groups excluding carboxylic acids is 1. The number of nitrogens with zero attached hydrogens (tertiary/aromatic N) is 2. The molecule has 0 radical (unpaired) electrons. The van der Waals surface area contributed by atoms with E-state index in [0.29, 0.717) is 24.8 Å². The summed E-state index contributed by atoms with van der Waals surface area (Å²) in [5.74, 6) is 1.40. The van der Waals surface area contributed by atoms with E-state index in [9.17, 15) is 9.59 Å². The molecule has 1 fully saturated rings. The van der Waals surface area contributed by atoms with E-state index in [1.807, 2.05) is 4.90 Å². The van der Waals surface area contributed by atoms with E-state index in [1.54, 1.807) is 6.92 Å². The van der Waals surface area contributed by atoms with Gasteiger partial charge in [0, 0.05) is 39.2 Å². The Labute approximate surface area is 164 Å². The molecule has 2 aromatic rings. The van der Waals surface area contributed by atoms with Gasteiger partial charge in [0.2, 0.25) is 17.1 Å². The standard InChI is InChI=1S/C22H26N2O4/c1-16(25)24-8-6-17(7-9-24)14-28-22-15-27-20(10-21(22)26)13-23-11-18-4-2-3-5-19(18)12-23/h2-5,10,15,17H,6-9,11-14H2,1H3. The molecule has 0 N–H and O–H groups in total. The van der Waals surface area contributed by atoms with Gasteiger partial charge in [-0.05, 0) is 29.9 Å². The topological polar surface area (TPSA) is 63.0 Å². The number of benzene rings is 1. The van der Waals surface area contributed by atoms with Crippen LogP contribution in [0, 0.1) is 5.92 Å². The molecule has 2 aliphatic heterocycles. The third-order valence-electron chi connectivity index (χ3n) is 5.67. The fourth-order valence-corrected chi connectivity index (χ4v) is 3.98. The Kier molecular flexibility index (Phi) is 5.48. The van der Waals surface area contributed by atoms with Crippen LogP contribution in [0.25, 0.3) is 0 Å². The molecule has 6 nitrogen and oxygen atoms in total. The van der Waals surface area contributed by atoms with Gasteiger partial charge in [-0.25, -0.2) is 0 Å². The van der Waals surface area contributed by atoms with E-state index in [0.717, 1.165) is 39.0 Å². The number of rotatable bonds is 5. The van der Waals surface area contributed by atoms with Crippen molar-refractivity contribution in [1.29, 1.82) is 0 Å². The second-order valence-corrected chi connectivity index (χ2v) is 7.75. The first-order valence-electron chi connectivity index (χ1n) is 9.87. The van der Waals surface area contributed by atoms with Crippen molar-refractivity contribution in [3.05, 3.63) is 63.7 Å². The first-order valence-corrected chi connectivity index (χ1v) is 9.87. The minimum absolute atomic E-state index is 0.122. The van der Waals surface area contributed by atoms with E-state index in [2.05, 4.69) is 29.2 Å². The zero-order valence-electron chi connectivity index (χ0n) is 16.2. The van der Waals surface area contributed by atoms with E-state index >= 15 is 0 Å². The molecule has 4 rings (SSSR count). The van der Waals surface area contributed by atoms with Gasteiger partial charge in [0.15, 0.2) is 0 Å². The second-order valence-electron chi connectivity index (χ2n) is 7.75. The molecule has 0 bridgehead atoms. The van der Waals surface area contributed by atoms with Crippen molar-refractivity contribution in [2.45, 2.75) is 39.4 Å². The van der Waals surface area contributed by atoms with E-state index in [-0.39, 0.29) is 17.1 Å². The number of ether oxygens (including phenoxy) is 1. The highest BCUT2D eigenvalue weighted by atomic mass is 16.5. The zero-order valence-corrected chi connectivity index (χ0v) is 16.2. The fourth-order valence-electron chi connectivity index (χ4n) is 3.98. The highest BCUT2D eigenvalue weighted by Crippen LogP contribution is 2.24. The lowest BCUT2D eigenvalue weighted by Gasteiger charge is -2.31. The van der Waals surface area contributed by atoms with Crippen molar-refractivity contribution in [1.82, 2.24) is 9.80 Å². The Hall–Kier alpha value is -2.60. The summed E-state index contributed by atoms with van der Waals surface area (Å²) in [5, 5.41) is 0. The molecule has 148 valence electrons. The van der Waals surface area contributed by atoms with Gasteiger partial charge in [-0.2, -0.15) is 0 Å². The maximum Gasteiger partial charge on any atom is 0.227 e. The normalized spacial score (nSPS) is 17.5. The molecule has 0 aliphatic carbocycles. The van der Waals surface area contributed by atoms with Crippen LogP contribution in [0.5, 0.6) is 5.75 Å². The molecule has 1 aromatic heterocycles. The van der Waals surface area contributed by atoms with Gasteiger partial charge < -0.3 is 14.1 Å². The Bertz CT molecular complexity index is 874. The van der Waals surface area contributed by atoms with Crippen LogP contribution in [-0.2, 0) is 24.4 Å². The number of amides is 1. The molecule has 28 heavy (non-hydrogen) atoms. The van der Waals surface area contributed by atoms with Gasteiger partial charge in [-0.3, -0.25) is 14.5 Å². The van der Waals surface area contributed by atoms with Gasteiger partial charge in [-0.15, -0.1) is 0 Å². The van der Waals surface area contributed by atoms with Gasteiger partial charge in [0.1, 0.15) is 12.0 Å². The number of piperidine rings is 1. The van der Waals surface area contributed by atoms with Crippen LogP contribution in [0.15, 0.2) is 45.8 Å². The monoisotopic (exact) mass is 382 g/mol. The molecule has 1 amide bonds. The van der Waals surface area contributed by atoms with Crippen LogP contribution in [0.4, 0.5) is 0 Å². The molecule has 0 unspecified atom stereocenters. The maximum atomic E-state index is 12.4. The molecule has 0 saturated carbocycles. The Morgan fingerprint density at radius 1 is 1.18 bits per heavy atom. The summed E-state index contributed by atoms with van der Waals surface area (Å²) in [5.41, 5.74) is 2.53. The molecule has 1 aromatic carbocycles. The fraction of sp³-hybridized carbons (Fsp3) is 0.455. The lowest BCUT2D eigenvalue weighted by atomic mass is 9.98. The van der Waals surface area contributed by atoms with Gasteiger partial charge in [0.25, 0.3) is 0 Å². The van der Waals surface area contributed by atoms with Crippen LogP contribution >= 0.6 is 0 Å². The molecule has 6 heteroatoms. The summed E-state index contributed by atoms with van der Waals surface area (Å²) >= 11 is 0. The van der Waals surface area contributed by atoms with Gasteiger partial charge >= 0.3 is 0 Å². The summed E-state index contributed by atoms with van der Waals surface area (Å²) in [6, 6.07) is 9.93. The first-order chi connectivity index (χ1) is 13.6. The summed E-state index contributed by atoms with van der Waals surface area (Å²) in [4.78, 5) is 27.9. The second kappa shape index (κ2) is 8.19. The molecule has 2 aliphatic rings. The Morgan fingerprint density at radius 3 is 2.46 bits per heavy atom. The van der Waals surface area contributed by atoms with Crippen molar-refractivity contribution in [3.63, 3.8) is 0 Å². The van der Waals surface area contributed by atoms with Crippen LogP contribution in [0.1, 0.15) is 36.7 Å². The average Bonchev–Trinajstić information content (AvgIpc) is 3.10. The van der Waals surface area contributed by atoms with Crippen LogP contribution in [-0.4, -0.2) is 35.4 Å². The predicted octanol–water partition coefficient (Wildman–Crippen LogP) is 2.79. The third kappa shape index (κ3) is 4.28. The number of fused-ring (bicyclic) bond motifs is 1. The van der Waals surface area contributed by atoms with E-state index in [1.165, 1.54) is 23.5 Å². The van der Waals surface area contributed by atoms with E-state index < -0.39 is 0 Å². The number of carbonyl (C=O) groups is 1. The summed E-state index contributed by atoms with van der Waals surface area (Å²) < 4.78 is 11.4. The van der Waals surface area contributed by atoms with Crippen molar-refractivity contribution < 1.29 is 13.9 Å². The molecule has 1 saturated heterocycles. The number of hydrogen-bond acceptors (Lipinski definition) is 5. The molecular formula is C22H26N2O4. The first kappa shape index (κ1) is 18.7. The summed E-state index contributed by atoms with van der Waals surface area (Å²) in [6.45, 7) is 5.95. The highest BCUT2D eigenvalue weighted by molar-refractivity contribution is 5.73. The smallest absolute Gasteiger partial charge is 0.227 e. The maximum absolute atomic E-state index is 12.4. The largest absolute Gasteiger partial charge is 0.486 e. The van der Waals surface area contributed by atoms with Crippen molar-refractivity contribution >= 4 is 5.91 Å². The predicted molar refractivity (Wildman–Crippen MR) is 105 cm³/mol. The minimum atomic E-state index is -0.140. The quantitative estimate of drug-likeness (QED) is 0.796. The van der Waals surface area contributed by atoms with Crippen molar-refractivity contribution in [3.8, 4) is 5.75 Å². The third-order valence-corrected chi connectivity index (χ3v) is 5.67. The molecule has 3 heterocycles. The molecular weight excluding hydrogens is 356 g/mol. The summed E-state index contributed by atoms with van der Waals surface area (Å²) in [7, 11) is 0. The van der Waals surface area contributed by atoms with E-state index in [4.69, 9.17) is 9.15 Å². The lowest BCUT2D eigenvalue weighted by Crippen LogP contribution is -2.38. The summed E-state index contributed by atoms with van der Waals surface area (Å²) in [6.07, 6.45) is 3.24. The lowest BCUT2D eigenvalue weighted by molar-refractivity contribution is -0.130. The SMILES string of the molecule is CC(=O)N1CCC(COc2coc(CN3Cc4ccccc4C3)cc2=O)CC1. The molecule has 0 atom stereocenters. The molecule has 0 spiro atoms. The number of likely N-dealkylation sites (tertiary alicyclic amines) is 1. The average molecular weight is 382 g/mol. The van der Waals surface area contributed by atoms with Crippen LogP contribution < -0.4 is 10.2 Å². The van der Waals surface area contributed by atoms with Crippen LogP contribution in [0.2, 0.25) is 0 Å². The zero-order chi connectivity index (χ0) is 19.5. The van der Waals surface area contributed by atoms with Crippen molar-refractivity contribution in [2.75, 3.05) is 19.7 Å². The van der Waals surface area contributed by atoms with Gasteiger partial charge in [-0.1, -0.05) is 24.3 Å². The Balaban J connectivity index is 1.29. The van der Waals surface area contributed by atoms with Gasteiger partial charge in [0.05, 0.1) is 13.2 Å². The highest BCUT2D eigenvalue weighted by Gasteiger charge is 2.22. The van der Waals surface area contributed by atoms with Crippen molar-refractivity contribution in [2.24, 2.45) is 5.92 Å². The number of hydrogen-bond donors (Lipinski definition) is 0.